The Kier molecular flexibility index (Phi) is 4.27. The molecular formula is C16H15ClN2O3. The molecule has 1 fully saturated rings. The largest absolute Gasteiger partial charge is 0.465 e. The fourth-order valence-corrected chi connectivity index (χ4v) is 2.36. The van der Waals surface area contributed by atoms with E-state index >= 15 is 0 Å². The Morgan fingerprint density at radius 2 is 2.14 bits per heavy atom. The summed E-state index contributed by atoms with van der Waals surface area (Å²) in [6.07, 6.45) is 1.80. The first-order valence-electron chi connectivity index (χ1n) is 6.90. The van der Waals surface area contributed by atoms with Gasteiger partial charge in [-0.15, -0.1) is 0 Å². The van der Waals surface area contributed by atoms with E-state index in [9.17, 15) is 4.79 Å². The van der Waals surface area contributed by atoms with Crippen molar-refractivity contribution >= 4 is 17.6 Å². The fourth-order valence-electron chi connectivity index (χ4n) is 2.19. The molecule has 1 aliphatic rings. The van der Waals surface area contributed by atoms with E-state index in [2.05, 4.69) is 10.3 Å². The lowest BCUT2D eigenvalue weighted by molar-refractivity contribution is 0.0598. The highest BCUT2D eigenvalue weighted by Gasteiger charge is 2.19. The number of hydrogen-bond donors (Lipinski definition) is 1. The second kappa shape index (κ2) is 6.34. The highest BCUT2D eigenvalue weighted by Crippen LogP contribution is 2.28. The monoisotopic (exact) mass is 318 g/mol. The van der Waals surface area contributed by atoms with Gasteiger partial charge in [-0.25, -0.2) is 9.78 Å². The first-order valence-corrected chi connectivity index (χ1v) is 7.27. The standard InChI is InChI=1S/C16H15ClN2O3/c1-21-16(20)13-6-12(17)3-4-14(13)22-15-5-2-10(9-19-15)11-7-18-8-11/h2-6,9,11,18H,7-8H2,1H3. The summed E-state index contributed by atoms with van der Waals surface area (Å²) >= 11 is 5.91. The number of nitrogens with one attached hydrogen (secondary N) is 1. The van der Waals surface area contributed by atoms with Crippen LogP contribution in [0.4, 0.5) is 0 Å². The van der Waals surface area contributed by atoms with Crippen molar-refractivity contribution in [3.05, 3.63) is 52.7 Å². The van der Waals surface area contributed by atoms with E-state index in [1.54, 1.807) is 24.4 Å². The number of carbonyl (C=O) groups is 1. The molecule has 114 valence electrons. The molecule has 1 aromatic carbocycles. The number of nitrogens with zero attached hydrogens (tertiary/aromatic N) is 1. The Morgan fingerprint density at radius 3 is 2.73 bits per heavy atom. The van der Waals surface area contributed by atoms with Gasteiger partial charge >= 0.3 is 5.97 Å². The molecule has 1 saturated heterocycles. The molecule has 0 atom stereocenters. The summed E-state index contributed by atoms with van der Waals surface area (Å²) < 4.78 is 10.4. The summed E-state index contributed by atoms with van der Waals surface area (Å²) in [7, 11) is 1.31. The van der Waals surface area contributed by atoms with E-state index in [1.807, 2.05) is 6.07 Å². The van der Waals surface area contributed by atoms with Crippen LogP contribution in [0, 0.1) is 0 Å². The molecule has 0 amide bonds. The van der Waals surface area contributed by atoms with Gasteiger partial charge in [0.2, 0.25) is 5.88 Å². The minimum atomic E-state index is -0.505. The third kappa shape index (κ3) is 3.05. The van der Waals surface area contributed by atoms with Gasteiger partial charge < -0.3 is 14.8 Å². The van der Waals surface area contributed by atoms with E-state index in [0.29, 0.717) is 22.6 Å². The average Bonchev–Trinajstić information content (AvgIpc) is 2.48. The molecule has 0 unspecified atom stereocenters. The summed E-state index contributed by atoms with van der Waals surface area (Å²) in [5, 5.41) is 3.66. The van der Waals surface area contributed by atoms with Crippen LogP contribution < -0.4 is 10.1 Å². The predicted molar refractivity (Wildman–Crippen MR) is 82.7 cm³/mol. The van der Waals surface area contributed by atoms with E-state index in [1.165, 1.54) is 18.7 Å². The van der Waals surface area contributed by atoms with Crippen LogP contribution in [0.1, 0.15) is 21.8 Å². The second-order valence-electron chi connectivity index (χ2n) is 5.02. The van der Waals surface area contributed by atoms with E-state index in [4.69, 9.17) is 21.1 Å². The highest BCUT2D eigenvalue weighted by molar-refractivity contribution is 6.31. The topological polar surface area (TPSA) is 60.5 Å². The van der Waals surface area contributed by atoms with Crippen molar-refractivity contribution in [2.75, 3.05) is 20.2 Å². The summed E-state index contributed by atoms with van der Waals surface area (Å²) in [6, 6.07) is 8.57. The van der Waals surface area contributed by atoms with Gasteiger partial charge in [-0.05, 0) is 23.8 Å². The number of ether oxygens (including phenoxy) is 2. The van der Waals surface area contributed by atoms with Crippen molar-refractivity contribution in [1.82, 2.24) is 10.3 Å². The summed E-state index contributed by atoms with van der Waals surface area (Å²) in [5.74, 6) is 0.794. The third-order valence-electron chi connectivity index (χ3n) is 3.57. The van der Waals surface area contributed by atoms with Crippen molar-refractivity contribution in [3.8, 4) is 11.6 Å². The second-order valence-corrected chi connectivity index (χ2v) is 5.46. The Balaban J connectivity index is 1.81. The fraction of sp³-hybridized carbons (Fsp3) is 0.250. The van der Waals surface area contributed by atoms with E-state index < -0.39 is 5.97 Å². The van der Waals surface area contributed by atoms with Crippen LogP contribution in [0.5, 0.6) is 11.6 Å². The summed E-state index contributed by atoms with van der Waals surface area (Å²) in [4.78, 5) is 16.1. The van der Waals surface area contributed by atoms with Crippen LogP contribution in [0.15, 0.2) is 36.5 Å². The average molecular weight is 319 g/mol. The van der Waals surface area contributed by atoms with Crippen LogP contribution >= 0.6 is 11.6 Å². The quantitative estimate of drug-likeness (QED) is 0.878. The van der Waals surface area contributed by atoms with E-state index in [0.717, 1.165) is 13.1 Å². The summed E-state index contributed by atoms with van der Waals surface area (Å²) in [6.45, 7) is 1.96. The van der Waals surface area contributed by atoms with Crippen molar-refractivity contribution in [2.24, 2.45) is 0 Å². The molecule has 22 heavy (non-hydrogen) atoms. The first-order chi connectivity index (χ1) is 10.7. The molecule has 0 saturated carbocycles. The van der Waals surface area contributed by atoms with Crippen LogP contribution in [0.25, 0.3) is 0 Å². The molecule has 0 aliphatic carbocycles. The minimum Gasteiger partial charge on any atom is -0.465 e. The number of rotatable bonds is 4. The molecule has 2 aromatic rings. The Hall–Kier alpha value is -2.11. The maximum atomic E-state index is 11.8. The molecule has 3 rings (SSSR count). The van der Waals surface area contributed by atoms with Crippen molar-refractivity contribution in [1.29, 1.82) is 0 Å². The number of benzene rings is 1. The van der Waals surface area contributed by atoms with Gasteiger partial charge in [0.25, 0.3) is 0 Å². The molecule has 1 N–H and O–H groups in total. The third-order valence-corrected chi connectivity index (χ3v) is 3.81. The van der Waals surface area contributed by atoms with Crippen LogP contribution in [0.2, 0.25) is 5.02 Å². The molecule has 6 heteroatoms. The van der Waals surface area contributed by atoms with Crippen molar-refractivity contribution < 1.29 is 14.3 Å². The normalized spacial score (nSPS) is 14.3. The Morgan fingerprint density at radius 1 is 1.32 bits per heavy atom. The zero-order chi connectivity index (χ0) is 15.5. The number of halogens is 1. The number of aromatic nitrogens is 1. The lowest BCUT2D eigenvalue weighted by Crippen LogP contribution is -2.39. The maximum absolute atomic E-state index is 11.8. The molecule has 0 radical (unpaired) electrons. The first kappa shape index (κ1) is 14.8. The van der Waals surface area contributed by atoms with Gasteiger partial charge in [-0.2, -0.15) is 0 Å². The molecule has 0 spiro atoms. The van der Waals surface area contributed by atoms with Gasteiger partial charge in [0.15, 0.2) is 0 Å². The Labute approximate surface area is 133 Å². The molecule has 5 nitrogen and oxygen atoms in total. The Bertz CT molecular complexity index is 684. The zero-order valence-corrected chi connectivity index (χ0v) is 12.8. The summed E-state index contributed by atoms with van der Waals surface area (Å²) in [5.41, 5.74) is 1.44. The number of hydrogen-bond acceptors (Lipinski definition) is 5. The minimum absolute atomic E-state index is 0.268. The van der Waals surface area contributed by atoms with Crippen LogP contribution in [-0.2, 0) is 4.74 Å². The number of methoxy groups -OCH3 is 1. The van der Waals surface area contributed by atoms with Gasteiger partial charge in [-0.3, -0.25) is 0 Å². The smallest absolute Gasteiger partial charge is 0.341 e. The molecule has 2 heterocycles. The van der Waals surface area contributed by atoms with Gasteiger partial charge in [0.05, 0.1) is 7.11 Å². The van der Waals surface area contributed by atoms with E-state index in [-0.39, 0.29) is 5.56 Å². The maximum Gasteiger partial charge on any atom is 0.341 e. The predicted octanol–water partition coefficient (Wildman–Crippen LogP) is 3.00. The van der Waals surface area contributed by atoms with Gasteiger partial charge in [-0.1, -0.05) is 17.7 Å². The van der Waals surface area contributed by atoms with Crippen LogP contribution in [0.3, 0.4) is 0 Å². The molecule has 1 aromatic heterocycles. The van der Waals surface area contributed by atoms with Crippen molar-refractivity contribution in [3.63, 3.8) is 0 Å². The molecule has 1 aliphatic heterocycles. The molecular weight excluding hydrogens is 304 g/mol. The number of carbonyl (C=O) groups excluding carboxylic acids is 1. The van der Waals surface area contributed by atoms with Crippen LogP contribution in [-0.4, -0.2) is 31.2 Å². The molecule has 0 bridgehead atoms. The SMILES string of the molecule is COC(=O)c1cc(Cl)ccc1Oc1ccc(C2CNC2)cn1. The van der Waals surface area contributed by atoms with Gasteiger partial charge in [0.1, 0.15) is 11.3 Å². The highest BCUT2D eigenvalue weighted by atomic mass is 35.5. The number of pyridine rings is 1. The van der Waals surface area contributed by atoms with Gasteiger partial charge in [0, 0.05) is 36.3 Å². The van der Waals surface area contributed by atoms with Crippen molar-refractivity contribution in [2.45, 2.75) is 5.92 Å². The lowest BCUT2D eigenvalue weighted by atomic mass is 9.95. The zero-order valence-electron chi connectivity index (χ0n) is 12.0. The number of esters is 1. The lowest BCUT2D eigenvalue weighted by Gasteiger charge is -2.27.